The summed E-state index contributed by atoms with van der Waals surface area (Å²) in [5, 5.41) is 0. The van der Waals surface area contributed by atoms with Crippen molar-refractivity contribution in [2.45, 2.75) is 6.18 Å². The molecule has 0 aliphatic carbocycles. The summed E-state index contributed by atoms with van der Waals surface area (Å²) in [4.78, 5) is 3.33. The Labute approximate surface area is 114 Å². The molecule has 0 aromatic heterocycles. The summed E-state index contributed by atoms with van der Waals surface area (Å²) in [6.07, 6.45) is -1.48. The molecule has 2 aromatic rings. The highest BCUT2D eigenvalue weighted by Crippen LogP contribution is 2.33. The molecule has 0 saturated carbocycles. The largest absolute Gasteiger partial charge is 0.416 e. The van der Waals surface area contributed by atoms with E-state index in [0.717, 1.165) is 6.07 Å². The maximum Gasteiger partial charge on any atom is 0.416 e. The third-order valence-electron chi connectivity index (χ3n) is 2.77. The second-order valence-electron chi connectivity index (χ2n) is 4.09. The van der Waals surface area contributed by atoms with E-state index in [1.54, 1.807) is 30.3 Å². The lowest BCUT2D eigenvalue weighted by Crippen LogP contribution is -2.06. The van der Waals surface area contributed by atoms with E-state index in [-0.39, 0.29) is 5.56 Å². The molecule has 100 valence electrons. The molecule has 0 atom stereocenters. The number of para-hydroxylation sites is 1. The van der Waals surface area contributed by atoms with Gasteiger partial charge in [-0.05, 0) is 17.2 Å². The van der Waals surface area contributed by atoms with Crippen molar-refractivity contribution in [2.24, 2.45) is 0 Å². The Morgan fingerprint density at radius 1 is 0.850 bits per heavy atom. The fourth-order valence-corrected chi connectivity index (χ4v) is 1.81. The van der Waals surface area contributed by atoms with Crippen molar-refractivity contribution in [1.82, 2.24) is 0 Å². The minimum Gasteiger partial charge on any atom is -0.238 e. The number of benzene rings is 2. The zero-order valence-electron chi connectivity index (χ0n) is 10.4. The monoisotopic (exact) mass is 273 g/mol. The molecule has 4 heteroatoms. The van der Waals surface area contributed by atoms with Crippen LogP contribution < -0.4 is 0 Å². The van der Waals surface area contributed by atoms with Gasteiger partial charge in [0.25, 0.3) is 0 Å². The number of rotatable bonds is 2. The molecule has 1 nitrogen and oxygen atoms in total. The molecular formula is C16H10F3N. The van der Waals surface area contributed by atoms with E-state index in [4.69, 9.17) is 6.57 Å². The van der Waals surface area contributed by atoms with Crippen molar-refractivity contribution in [3.05, 3.63) is 76.6 Å². The Balaban J connectivity index is 2.41. The highest BCUT2D eigenvalue weighted by molar-refractivity contribution is 5.77. The first-order valence-electron chi connectivity index (χ1n) is 5.83. The minimum atomic E-state index is -4.39. The lowest BCUT2D eigenvalue weighted by atomic mass is 10.0. The van der Waals surface area contributed by atoms with Crippen molar-refractivity contribution < 1.29 is 13.2 Å². The van der Waals surface area contributed by atoms with Gasteiger partial charge in [-0.2, -0.15) is 13.2 Å². The van der Waals surface area contributed by atoms with Crippen LogP contribution in [0.1, 0.15) is 16.7 Å². The number of nitrogens with zero attached hydrogens (tertiary/aromatic N) is 1. The molecule has 0 amide bonds. The van der Waals surface area contributed by atoms with Crippen LogP contribution in [-0.2, 0) is 6.18 Å². The molecule has 0 heterocycles. The predicted molar refractivity (Wildman–Crippen MR) is 73.1 cm³/mol. The van der Waals surface area contributed by atoms with E-state index in [1.165, 1.54) is 24.3 Å². The van der Waals surface area contributed by atoms with E-state index in [1.807, 2.05) is 0 Å². The maximum absolute atomic E-state index is 12.8. The lowest BCUT2D eigenvalue weighted by molar-refractivity contribution is -0.137. The molecule has 2 rings (SSSR count). The van der Waals surface area contributed by atoms with Gasteiger partial charge in [-0.25, -0.2) is 4.85 Å². The molecule has 20 heavy (non-hydrogen) atoms. The molecule has 0 unspecified atom stereocenters. The SMILES string of the molecule is [C-]#[N+]c1ccccc1/C=C/c1ccccc1C(F)(F)F. The smallest absolute Gasteiger partial charge is 0.238 e. The summed E-state index contributed by atoms with van der Waals surface area (Å²) in [5.41, 5.74) is 0.407. The fraction of sp³-hybridized carbons (Fsp3) is 0.0625. The zero-order valence-corrected chi connectivity index (χ0v) is 10.4. The van der Waals surface area contributed by atoms with Crippen LogP contribution in [-0.4, -0.2) is 0 Å². The maximum atomic E-state index is 12.8. The fourth-order valence-electron chi connectivity index (χ4n) is 1.81. The molecule has 2 aromatic carbocycles. The Morgan fingerprint density at radius 3 is 2.05 bits per heavy atom. The van der Waals surface area contributed by atoms with Crippen molar-refractivity contribution in [2.75, 3.05) is 0 Å². The standard InChI is InChI=1S/C16H10F3N/c1-20-15-9-5-3-7-13(15)11-10-12-6-2-4-8-14(12)16(17,18)19/h2-11H/b11-10+. The van der Waals surface area contributed by atoms with Gasteiger partial charge in [0.15, 0.2) is 5.69 Å². The van der Waals surface area contributed by atoms with Gasteiger partial charge >= 0.3 is 6.18 Å². The van der Waals surface area contributed by atoms with Crippen LogP contribution in [0.25, 0.3) is 17.0 Å². The summed E-state index contributed by atoms with van der Waals surface area (Å²) in [7, 11) is 0. The number of halogens is 3. The Hall–Kier alpha value is -2.54. The van der Waals surface area contributed by atoms with E-state index in [9.17, 15) is 13.2 Å². The van der Waals surface area contributed by atoms with E-state index in [2.05, 4.69) is 4.85 Å². The van der Waals surface area contributed by atoms with Gasteiger partial charge in [0.05, 0.1) is 12.1 Å². The van der Waals surface area contributed by atoms with Crippen LogP contribution in [0, 0.1) is 6.57 Å². The molecule has 0 aliphatic rings. The number of hydrogen-bond donors (Lipinski definition) is 0. The molecule has 0 fully saturated rings. The lowest BCUT2D eigenvalue weighted by Gasteiger charge is -2.09. The molecule has 0 spiro atoms. The summed E-state index contributed by atoms with van der Waals surface area (Å²) in [5.74, 6) is 0. The quantitative estimate of drug-likeness (QED) is 0.508. The van der Waals surface area contributed by atoms with Gasteiger partial charge in [0.1, 0.15) is 0 Å². The minimum absolute atomic E-state index is 0.0831. The second-order valence-corrected chi connectivity index (χ2v) is 4.09. The molecule has 0 radical (unpaired) electrons. The predicted octanol–water partition coefficient (Wildman–Crippen LogP) is 5.43. The van der Waals surface area contributed by atoms with Crippen LogP contribution in [0.4, 0.5) is 18.9 Å². The van der Waals surface area contributed by atoms with Crippen LogP contribution in [0.15, 0.2) is 48.5 Å². The first kappa shape index (κ1) is 13.9. The highest BCUT2D eigenvalue weighted by atomic mass is 19.4. The van der Waals surface area contributed by atoms with Gasteiger partial charge < -0.3 is 0 Å². The van der Waals surface area contributed by atoms with Gasteiger partial charge in [0.2, 0.25) is 0 Å². The number of alkyl halides is 3. The normalized spacial score (nSPS) is 11.5. The van der Waals surface area contributed by atoms with Gasteiger partial charge in [-0.1, -0.05) is 54.6 Å². The first-order valence-corrected chi connectivity index (χ1v) is 5.83. The van der Waals surface area contributed by atoms with Gasteiger partial charge in [0, 0.05) is 0 Å². The second kappa shape index (κ2) is 5.62. The number of hydrogen-bond acceptors (Lipinski definition) is 0. The van der Waals surface area contributed by atoms with E-state index in [0.29, 0.717) is 11.3 Å². The molecular weight excluding hydrogens is 263 g/mol. The van der Waals surface area contributed by atoms with Crippen LogP contribution in [0.3, 0.4) is 0 Å². The summed E-state index contributed by atoms with van der Waals surface area (Å²) in [6, 6.07) is 12.1. The van der Waals surface area contributed by atoms with Gasteiger partial charge in [-0.15, -0.1) is 0 Å². The van der Waals surface area contributed by atoms with Gasteiger partial charge in [-0.3, -0.25) is 0 Å². The van der Waals surface area contributed by atoms with Crippen LogP contribution >= 0.6 is 0 Å². The van der Waals surface area contributed by atoms with Crippen molar-refractivity contribution in [1.29, 1.82) is 0 Å². The molecule has 0 bridgehead atoms. The Morgan fingerprint density at radius 2 is 1.40 bits per heavy atom. The third kappa shape index (κ3) is 3.07. The van der Waals surface area contributed by atoms with Crippen molar-refractivity contribution >= 4 is 17.8 Å². The summed E-state index contributed by atoms with van der Waals surface area (Å²) >= 11 is 0. The molecule has 0 saturated heterocycles. The van der Waals surface area contributed by atoms with Crippen LogP contribution in [0.5, 0.6) is 0 Å². The highest BCUT2D eigenvalue weighted by Gasteiger charge is 2.32. The first-order chi connectivity index (χ1) is 9.52. The van der Waals surface area contributed by atoms with Crippen molar-refractivity contribution in [3.8, 4) is 0 Å². The molecule has 0 N–H and O–H groups in total. The zero-order chi connectivity index (χ0) is 14.6. The summed E-state index contributed by atoms with van der Waals surface area (Å²) < 4.78 is 38.5. The average molecular weight is 273 g/mol. The topological polar surface area (TPSA) is 4.36 Å². The summed E-state index contributed by atoms with van der Waals surface area (Å²) in [6.45, 7) is 7.02. The van der Waals surface area contributed by atoms with E-state index < -0.39 is 11.7 Å². The van der Waals surface area contributed by atoms with E-state index >= 15 is 0 Å². The van der Waals surface area contributed by atoms with Crippen molar-refractivity contribution in [3.63, 3.8) is 0 Å². The Kier molecular flexibility index (Phi) is 3.90. The third-order valence-corrected chi connectivity index (χ3v) is 2.77. The van der Waals surface area contributed by atoms with Crippen LogP contribution in [0.2, 0.25) is 0 Å². The average Bonchev–Trinajstić information content (AvgIpc) is 2.44. The Bertz CT molecular complexity index is 679. The molecule has 0 aliphatic heterocycles.